The number of benzene rings is 3. The van der Waals surface area contributed by atoms with Crippen molar-refractivity contribution in [2.24, 2.45) is 16.9 Å². The van der Waals surface area contributed by atoms with Crippen LogP contribution in [0, 0.1) is 19.0 Å². The van der Waals surface area contributed by atoms with Crippen molar-refractivity contribution in [3.63, 3.8) is 0 Å². The van der Waals surface area contributed by atoms with Crippen LogP contribution in [0.3, 0.4) is 0 Å². The Bertz CT molecular complexity index is 1280. The first-order valence-electron chi connectivity index (χ1n) is 11.6. The maximum atomic E-state index is 13.7. The number of imide groups is 1. The van der Waals surface area contributed by atoms with Crippen LogP contribution < -0.4 is 4.74 Å². The summed E-state index contributed by atoms with van der Waals surface area (Å²) in [5.74, 6) is -0.663. The number of rotatable bonds is 4. The normalized spacial score (nSPS) is 24.2. The second-order valence-corrected chi connectivity index (χ2v) is 11.8. The van der Waals surface area contributed by atoms with Gasteiger partial charge in [0.25, 0.3) is 11.8 Å². The van der Waals surface area contributed by atoms with Crippen LogP contribution in [0.15, 0.2) is 65.8 Å². The van der Waals surface area contributed by atoms with Gasteiger partial charge >= 0.3 is 0 Å². The highest BCUT2D eigenvalue weighted by atomic mass is 127. The molecule has 35 heavy (non-hydrogen) atoms. The van der Waals surface area contributed by atoms with E-state index in [0.717, 1.165) is 45.7 Å². The van der Waals surface area contributed by atoms with E-state index >= 15 is 0 Å². The molecule has 2 atom stereocenters. The van der Waals surface area contributed by atoms with Crippen LogP contribution in [0.2, 0.25) is 0 Å². The van der Waals surface area contributed by atoms with E-state index in [1.165, 1.54) is 0 Å². The molecule has 1 saturated heterocycles. The highest BCUT2D eigenvalue weighted by Crippen LogP contribution is 2.60. The monoisotopic (exact) mass is 688 g/mol. The van der Waals surface area contributed by atoms with Crippen molar-refractivity contribution in [3.05, 3.63) is 95.6 Å². The summed E-state index contributed by atoms with van der Waals surface area (Å²) in [7, 11) is 0. The van der Waals surface area contributed by atoms with Gasteiger partial charge in [-0.05, 0) is 99.0 Å². The first kappa shape index (κ1) is 23.1. The molecule has 3 aromatic rings. The van der Waals surface area contributed by atoms with Crippen LogP contribution >= 0.6 is 45.2 Å². The zero-order valence-corrected chi connectivity index (χ0v) is 23.4. The van der Waals surface area contributed by atoms with E-state index in [-0.39, 0.29) is 29.8 Å². The number of nitrogens with zero attached hydrogens (tertiary/aromatic N) is 2. The second-order valence-electron chi connectivity index (χ2n) is 9.48. The molecule has 2 unspecified atom stereocenters. The fourth-order valence-electron chi connectivity index (χ4n) is 5.90. The summed E-state index contributed by atoms with van der Waals surface area (Å²) in [6, 6.07) is 20.4. The molecule has 4 aliphatic rings. The molecule has 0 N–H and O–H groups in total. The summed E-state index contributed by atoms with van der Waals surface area (Å²) in [5.41, 5.74) is 5.46. The lowest BCUT2D eigenvalue weighted by Crippen LogP contribution is -2.41. The predicted octanol–water partition coefficient (Wildman–Crippen LogP) is 5.91. The van der Waals surface area contributed by atoms with Crippen molar-refractivity contribution in [1.82, 2.24) is 5.01 Å². The third-order valence-electron chi connectivity index (χ3n) is 7.12. The van der Waals surface area contributed by atoms with Crippen LogP contribution in [0.25, 0.3) is 0 Å². The second kappa shape index (κ2) is 8.69. The van der Waals surface area contributed by atoms with Crippen LogP contribution in [-0.4, -0.2) is 29.1 Å². The van der Waals surface area contributed by atoms with Gasteiger partial charge in [0.15, 0.2) is 0 Å². The largest absolute Gasteiger partial charge is 0.489 e. The molecule has 3 aromatic carbocycles. The highest BCUT2D eigenvalue weighted by Gasteiger charge is 2.61. The van der Waals surface area contributed by atoms with E-state index in [4.69, 9.17) is 4.74 Å². The Morgan fingerprint density at radius 2 is 1.26 bits per heavy atom. The average Bonchev–Trinajstić information content (AvgIpc) is 3.10. The Hall–Kier alpha value is -2.27. The van der Waals surface area contributed by atoms with Crippen LogP contribution in [-0.2, 0) is 9.59 Å². The summed E-state index contributed by atoms with van der Waals surface area (Å²) in [6.45, 7) is 3.99. The quantitative estimate of drug-likeness (QED) is 0.195. The van der Waals surface area contributed by atoms with Gasteiger partial charge in [0.05, 0.1) is 31.3 Å². The molecule has 0 spiro atoms. The number of hydrogen-bond acceptors (Lipinski definition) is 4. The van der Waals surface area contributed by atoms with Crippen molar-refractivity contribution in [1.29, 1.82) is 0 Å². The standard InChI is InChI=1S/C28H22I2N2O3/c1-14(2)35-26-20(29)11-15(12-21(26)30)13-31-32-27(33)24-22-16-7-3-4-8-17(16)23(25(24)28(32)34)19-10-6-5-9-18(19)22/h3-14,22-25H,1-2H3/b31-13+. The SMILES string of the molecule is CC(C)Oc1c(I)cc(/C=N/N2C(=O)C3C4c5ccccc5C(c5ccccc54)C3C2=O)cc1I. The van der Waals surface area contributed by atoms with E-state index in [1.807, 2.05) is 50.2 Å². The number of amides is 2. The molecule has 7 rings (SSSR count). The molecule has 0 aromatic heterocycles. The smallest absolute Gasteiger partial charge is 0.254 e. The Balaban J connectivity index is 1.37. The van der Waals surface area contributed by atoms with Crippen LogP contribution in [0.1, 0.15) is 53.5 Å². The average molecular weight is 688 g/mol. The summed E-state index contributed by atoms with van der Waals surface area (Å²) >= 11 is 4.49. The minimum atomic E-state index is -0.420. The first-order valence-corrected chi connectivity index (χ1v) is 13.8. The zero-order chi connectivity index (χ0) is 24.4. The minimum absolute atomic E-state index is 0.0725. The molecule has 3 aliphatic carbocycles. The third kappa shape index (κ3) is 3.56. The number of halogens is 2. The van der Waals surface area contributed by atoms with Gasteiger partial charge in [-0.15, -0.1) is 0 Å². The maximum Gasteiger partial charge on any atom is 0.254 e. The fourth-order valence-corrected chi connectivity index (χ4v) is 7.97. The Morgan fingerprint density at radius 1 is 0.829 bits per heavy atom. The van der Waals surface area contributed by atoms with E-state index in [1.54, 1.807) is 6.21 Å². The zero-order valence-electron chi connectivity index (χ0n) is 19.1. The van der Waals surface area contributed by atoms with Gasteiger partial charge in [0.1, 0.15) is 5.75 Å². The minimum Gasteiger partial charge on any atom is -0.489 e. The van der Waals surface area contributed by atoms with Gasteiger partial charge in [0, 0.05) is 11.8 Å². The van der Waals surface area contributed by atoms with Gasteiger partial charge in [0.2, 0.25) is 0 Å². The van der Waals surface area contributed by atoms with E-state index in [0.29, 0.717) is 0 Å². The van der Waals surface area contributed by atoms with Crippen LogP contribution in [0.4, 0.5) is 0 Å². The van der Waals surface area contributed by atoms with E-state index in [9.17, 15) is 9.59 Å². The fraction of sp³-hybridized carbons (Fsp3) is 0.250. The molecule has 176 valence electrons. The van der Waals surface area contributed by atoms with Gasteiger partial charge in [-0.1, -0.05) is 48.5 Å². The van der Waals surface area contributed by atoms with Crippen molar-refractivity contribution in [2.45, 2.75) is 31.8 Å². The third-order valence-corrected chi connectivity index (χ3v) is 8.72. The molecule has 1 heterocycles. The highest BCUT2D eigenvalue weighted by molar-refractivity contribution is 14.1. The Labute approximate surface area is 231 Å². The van der Waals surface area contributed by atoms with Crippen molar-refractivity contribution < 1.29 is 14.3 Å². The summed E-state index contributed by atoms with van der Waals surface area (Å²) < 4.78 is 7.84. The molecule has 5 nitrogen and oxygen atoms in total. The summed E-state index contributed by atoms with van der Waals surface area (Å²) in [6.07, 6.45) is 1.68. The summed E-state index contributed by atoms with van der Waals surface area (Å²) in [4.78, 5) is 27.3. The lowest BCUT2D eigenvalue weighted by molar-refractivity contribution is -0.139. The first-order chi connectivity index (χ1) is 16.9. The lowest BCUT2D eigenvalue weighted by atomic mass is 9.55. The molecule has 2 bridgehead atoms. The molecular weight excluding hydrogens is 666 g/mol. The Morgan fingerprint density at radius 3 is 1.66 bits per heavy atom. The molecule has 1 aliphatic heterocycles. The number of hydrazone groups is 1. The maximum absolute atomic E-state index is 13.7. The lowest BCUT2D eigenvalue weighted by Gasteiger charge is -2.45. The molecule has 0 saturated carbocycles. The number of hydrogen-bond donors (Lipinski definition) is 0. The van der Waals surface area contributed by atoms with Crippen molar-refractivity contribution >= 4 is 63.2 Å². The van der Waals surface area contributed by atoms with Crippen LogP contribution in [0.5, 0.6) is 5.75 Å². The molecular formula is C28H22I2N2O3. The molecule has 0 radical (unpaired) electrons. The number of ether oxygens (including phenoxy) is 1. The molecule has 1 fully saturated rings. The topological polar surface area (TPSA) is 59.0 Å². The van der Waals surface area contributed by atoms with E-state index in [2.05, 4.69) is 74.5 Å². The summed E-state index contributed by atoms with van der Waals surface area (Å²) in [5, 5.41) is 5.55. The van der Waals surface area contributed by atoms with Crippen molar-refractivity contribution in [3.8, 4) is 5.75 Å². The molecule has 2 amide bonds. The van der Waals surface area contributed by atoms with E-state index < -0.39 is 11.8 Å². The number of carbonyl (C=O) groups is 2. The van der Waals surface area contributed by atoms with Gasteiger partial charge < -0.3 is 4.74 Å². The van der Waals surface area contributed by atoms with Gasteiger partial charge in [-0.25, -0.2) is 0 Å². The van der Waals surface area contributed by atoms with Gasteiger partial charge in [-0.3, -0.25) is 9.59 Å². The Kier molecular flexibility index (Phi) is 5.75. The van der Waals surface area contributed by atoms with Crippen molar-refractivity contribution in [2.75, 3.05) is 0 Å². The predicted molar refractivity (Wildman–Crippen MR) is 151 cm³/mol. The number of carbonyl (C=O) groups excluding carboxylic acids is 2. The molecule has 7 heteroatoms. The van der Waals surface area contributed by atoms with Gasteiger partial charge in [-0.2, -0.15) is 10.1 Å².